The van der Waals surface area contributed by atoms with Crippen LogP contribution in [-0.2, 0) is 4.79 Å². The molecule has 0 radical (unpaired) electrons. The third-order valence-electron chi connectivity index (χ3n) is 3.79. The fraction of sp³-hybridized carbons (Fsp3) is 0.467. The van der Waals surface area contributed by atoms with Gasteiger partial charge >= 0.3 is 0 Å². The van der Waals surface area contributed by atoms with Crippen molar-refractivity contribution in [2.24, 2.45) is 10.9 Å². The first-order chi connectivity index (χ1) is 10.2. The molecule has 114 valence electrons. The highest BCUT2D eigenvalue weighted by atomic mass is 16.5. The molecule has 6 heteroatoms. The van der Waals surface area contributed by atoms with Crippen LogP contribution in [0.15, 0.2) is 29.4 Å². The summed E-state index contributed by atoms with van der Waals surface area (Å²) in [6.45, 7) is 2.96. The summed E-state index contributed by atoms with van der Waals surface area (Å²) in [6, 6.07) is 7.10. The summed E-state index contributed by atoms with van der Waals surface area (Å²) in [5.41, 5.74) is 6.08. The standard InChI is InChI=1S/C15H21N3O3/c1-2-12-4-3-9-18(12)14(19)10-21-13-7-5-11(6-8-13)15(16)17-20/h5-8,12,20H,2-4,9-10H2,1H3,(H2,16,17). The van der Waals surface area contributed by atoms with E-state index in [0.717, 1.165) is 25.8 Å². The highest BCUT2D eigenvalue weighted by Crippen LogP contribution is 2.20. The Bertz CT molecular complexity index is 513. The van der Waals surface area contributed by atoms with Gasteiger partial charge in [0, 0.05) is 18.2 Å². The summed E-state index contributed by atoms with van der Waals surface area (Å²) in [4.78, 5) is 14.0. The van der Waals surface area contributed by atoms with E-state index >= 15 is 0 Å². The van der Waals surface area contributed by atoms with Crippen LogP contribution in [0.25, 0.3) is 0 Å². The van der Waals surface area contributed by atoms with E-state index in [0.29, 0.717) is 17.4 Å². The molecule has 1 atom stereocenters. The van der Waals surface area contributed by atoms with Gasteiger partial charge in [-0.05, 0) is 43.5 Å². The highest BCUT2D eigenvalue weighted by Gasteiger charge is 2.27. The molecule has 1 aromatic rings. The van der Waals surface area contributed by atoms with Crippen molar-refractivity contribution in [1.29, 1.82) is 0 Å². The van der Waals surface area contributed by atoms with Gasteiger partial charge in [0.15, 0.2) is 12.4 Å². The van der Waals surface area contributed by atoms with Crippen molar-refractivity contribution in [1.82, 2.24) is 4.90 Å². The van der Waals surface area contributed by atoms with Gasteiger partial charge in [0.05, 0.1) is 0 Å². The average Bonchev–Trinajstić information content (AvgIpc) is 3.01. The zero-order valence-electron chi connectivity index (χ0n) is 12.2. The minimum absolute atomic E-state index is 0.0276. The number of nitrogens with two attached hydrogens (primary N) is 1. The quantitative estimate of drug-likeness (QED) is 0.373. The molecule has 1 aromatic carbocycles. The second-order valence-corrected chi connectivity index (χ2v) is 5.09. The van der Waals surface area contributed by atoms with Gasteiger partial charge in [0.1, 0.15) is 5.75 Å². The van der Waals surface area contributed by atoms with E-state index < -0.39 is 0 Å². The molecule has 21 heavy (non-hydrogen) atoms. The second kappa shape index (κ2) is 6.97. The van der Waals surface area contributed by atoms with Crippen molar-refractivity contribution in [3.63, 3.8) is 0 Å². The van der Waals surface area contributed by atoms with Crippen LogP contribution in [0.5, 0.6) is 5.75 Å². The van der Waals surface area contributed by atoms with Crippen molar-refractivity contribution >= 4 is 11.7 Å². The molecule has 1 amide bonds. The molecule has 1 fully saturated rings. The number of likely N-dealkylation sites (tertiary alicyclic amines) is 1. The summed E-state index contributed by atoms with van der Waals surface area (Å²) in [5, 5.41) is 11.5. The Kier molecular flexibility index (Phi) is 5.03. The number of amidine groups is 1. The molecule has 6 nitrogen and oxygen atoms in total. The molecule has 1 saturated heterocycles. The van der Waals surface area contributed by atoms with Gasteiger partial charge in [0.2, 0.25) is 0 Å². The Morgan fingerprint density at radius 1 is 1.48 bits per heavy atom. The first-order valence-electron chi connectivity index (χ1n) is 7.16. The Hall–Kier alpha value is -2.24. The van der Waals surface area contributed by atoms with Crippen LogP contribution in [0.4, 0.5) is 0 Å². The lowest BCUT2D eigenvalue weighted by Gasteiger charge is -2.23. The van der Waals surface area contributed by atoms with Crippen LogP contribution in [0, 0.1) is 0 Å². The molecule has 0 aliphatic carbocycles. The number of benzene rings is 1. The summed E-state index contributed by atoms with van der Waals surface area (Å²) in [7, 11) is 0. The largest absolute Gasteiger partial charge is 0.484 e. The summed E-state index contributed by atoms with van der Waals surface area (Å²) in [5.74, 6) is 0.658. The van der Waals surface area contributed by atoms with Crippen molar-refractivity contribution in [2.75, 3.05) is 13.2 Å². The first kappa shape index (κ1) is 15.2. The molecule has 0 saturated carbocycles. The lowest BCUT2D eigenvalue weighted by molar-refractivity contribution is -0.134. The number of carbonyl (C=O) groups is 1. The van der Waals surface area contributed by atoms with Crippen LogP contribution >= 0.6 is 0 Å². The number of amides is 1. The van der Waals surface area contributed by atoms with Crippen LogP contribution in [0.2, 0.25) is 0 Å². The zero-order valence-corrected chi connectivity index (χ0v) is 12.2. The van der Waals surface area contributed by atoms with E-state index in [9.17, 15) is 4.79 Å². The summed E-state index contributed by atoms with van der Waals surface area (Å²) in [6.07, 6.45) is 3.13. The Morgan fingerprint density at radius 3 is 2.81 bits per heavy atom. The summed E-state index contributed by atoms with van der Waals surface area (Å²) < 4.78 is 5.51. The highest BCUT2D eigenvalue weighted by molar-refractivity contribution is 5.97. The van der Waals surface area contributed by atoms with Crippen LogP contribution < -0.4 is 10.5 Å². The molecular weight excluding hydrogens is 270 g/mol. The van der Waals surface area contributed by atoms with Crippen molar-refractivity contribution in [3.05, 3.63) is 29.8 Å². The third kappa shape index (κ3) is 3.65. The minimum atomic E-state index is 0.0276. The minimum Gasteiger partial charge on any atom is -0.484 e. The van der Waals surface area contributed by atoms with Gasteiger partial charge in [-0.2, -0.15) is 0 Å². The van der Waals surface area contributed by atoms with Gasteiger partial charge in [0.25, 0.3) is 5.91 Å². The lowest BCUT2D eigenvalue weighted by Crippen LogP contribution is -2.38. The number of hydrogen-bond acceptors (Lipinski definition) is 4. The fourth-order valence-electron chi connectivity index (χ4n) is 2.60. The number of hydrogen-bond donors (Lipinski definition) is 2. The maximum absolute atomic E-state index is 12.1. The molecule has 1 aliphatic rings. The topological polar surface area (TPSA) is 88.2 Å². The van der Waals surface area contributed by atoms with Gasteiger partial charge in [-0.15, -0.1) is 0 Å². The van der Waals surface area contributed by atoms with Crippen LogP contribution in [0.3, 0.4) is 0 Å². The van der Waals surface area contributed by atoms with Gasteiger partial charge < -0.3 is 20.6 Å². The van der Waals surface area contributed by atoms with Crippen molar-refractivity contribution in [2.45, 2.75) is 32.2 Å². The average molecular weight is 291 g/mol. The maximum Gasteiger partial charge on any atom is 0.260 e. The second-order valence-electron chi connectivity index (χ2n) is 5.09. The monoisotopic (exact) mass is 291 g/mol. The summed E-state index contributed by atoms with van der Waals surface area (Å²) >= 11 is 0. The molecule has 1 unspecified atom stereocenters. The van der Waals surface area contributed by atoms with Crippen molar-refractivity contribution < 1.29 is 14.7 Å². The van der Waals surface area contributed by atoms with E-state index in [1.165, 1.54) is 0 Å². The van der Waals surface area contributed by atoms with E-state index in [1.54, 1.807) is 24.3 Å². The zero-order chi connectivity index (χ0) is 15.2. The van der Waals surface area contributed by atoms with E-state index in [-0.39, 0.29) is 18.3 Å². The SMILES string of the molecule is CCC1CCCN1C(=O)COc1ccc(/C(N)=N/O)cc1. The Balaban J connectivity index is 1.89. The first-order valence-corrected chi connectivity index (χ1v) is 7.16. The molecule has 0 bridgehead atoms. The molecule has 1 aliphatic heterocycles. The normalized spacial score (nSPS) is 18.8. The number of carbonyl (C=O) groups excluding carboxylic acids is 1. The van der Waals surface area contributed by atoms with Gasteiger partial charge in [-0.3, -0.25) is 4.79 Å². The molecule has 1 heterocycles. The third-order valence-corrected chi connectivity index (χ3v) is 3.79. The van der Waals surface area contributed by atoms with Crippen molar-refractivity contribution in [3.8, 4) is 5.75 Å². The van der Waals surface area contributed by atoms with E-state index in [1.807, 2.05) is 4.90 Å². The Labute approximate surface area is 124 Å². The van der Waals surface area contributed by atoms with Gasteiger partial charge in [-0.25, -0.2) is 0 Å². The molecule has 3 N–H and O–H groups in total. The number of ether oxygens (including phenoxy) is 1. The predicted octanol–water partition coefficient (Wildman–Crippen LogP) is 1.56. The molecule has 2 rings (SSSR count). The number of oxime groups is 1. The fourth-order valence-corrected chi connectivity index (χ4v) is 2.60. The predicted molar refractivity (Wildman–Crippen MR) is 79.5 cm³/mol. The Morgan fingerprint density at radius 2 is 2.19 bits per heavy atom. The molecule has 0 spiro atoms. The smallest absolute Gasteiger partial charge is 0.260 e. The van der Waals surface area contributed by atoms with Crippen LogP contribution in [0.1, 0.15) is 31.7 Å². The lowest BCUT2D eigenvalue weighted by atomic mass is 10.2. The number of rotatable bonds is 5. The molecule has 0 aromatic heterocycles. The number of nitrogens with zero attached hydrogens (tertiary/aromatic N) is 2. The molecular formula is C15H21N3O3. The van der Waals surface area contributed by atoms with E-state index in [4.69, 9.17) is 15.7 Å². The van der Waals surface area contributed by atoms with Gasteiger partial charge in [-0.1, -0.05) is 12.1 Å². The maximum atomic E-state index is 12.1. The van der Waals surface area contributed by atoms with Crippen LogP contribution in [-0.4, -0.2) is 41.0 Å². The van der Waals surface area contributed by atoms with E-state index in [2.05, 4.69) is 12.1 Å².